The Morgan fingerprint density at radius 3 is 2.82 bits per heavy atom. The quantitative estimate of drug-likeness (QED) is 0.677. The summed E-state index contributed by atoms with van der Waals surface area (Å²) in [7, 11) is 0. The number of hydrogen-bond acceptors (Lipinski definition) is 3. The summed E-state index contributed by atoms with van der Waals surface area (Å²) in [5.41, 5.74) is 4.59. The third-order valence-electron chi connectivity index (χ3n) is 3.73. The van der Waals surface area contributed by atoms with Crippen LogP contribution in [-0.2, 0) is 4.79 Å². The molecule has 2 unspecified atom stereocenters. The average Bonchev–Trinajstić information content (AvgIpc) is 3.19. The monoisotopic (exact) mass is 294 g/mol. The molecule has 1 fully saturated rings. The summed E-state index contributed by atoms with van der Waals surface area (Å²) in [6.45, 7) is 1.83. The number of allylic oxidation sites excluding steroid dienone is 1. The van der Waals surface area contributed by atoms with Gasteiger partial charge in [0.1, 0.15) is 5.76 Å². The minimum Gasteiger partial charge on any atom is -0.465 e. The zero-order valence-corrected chi connectivity index (χ0v) is 12.4. The molecule has 4 heteroatoms. The summed E-state index contributed by atoms with van der Waals surface area (Å²) in [5, 5.41) is 4.10. The molecule has 1 saturated carbocycles. The molecule has 0 bridgehead atoms. The fourth-order valence-electron chi connectivity index (χ4n) is 2.41. The molecule has 0 saturated heterocycles. The molecular weight excluding hydrogens is 276 g/mol. The van der Waals surface area contributed by atoms with Gasteiger partial charge in [-0.05, 0) is 49.1 Å². The van der Waals surface area contributed by atoms with Crippen LogP contribution < -0.4 is 5.43 Å². The molecule has 1 heterocycles. The first kappa shape index (κ1) is 14.3. The van der Waals surface area contributed by atoms with Crippen LogP contribution in [0.2, 0.25) is 0 Å². The SMILES string of the molecule is CC(C=Cc1ccco1)=NNC(=O)C1CC1c1ccccc1. The van der Waals surface area contributed by atoms with E-state index in [0.717, 1.165) is 17.9 Å². The van der Waals surface area contributed by atoms with Gasteiger partial charge in [0.05, 0.1) is 12.0 Å². The number of carbonyl (C=O) groups is 1. The van der Waals surface area contributed by atoms with Crippen LogP contribution in [0.5, 0.6) is 0 Å². The number of nitrogens with one attached hydrogen (secondary N) is 1. The van der Waals surface area contributed by atoms with Crippen LogP contribution in [0.25, 0.3) is 6.08 Å². The zero-order chi connectivity index (χ0) is 15.4. The van der Waals surface area contributed by atoms with E-state index in [-0.39, 0.29) is 11.8 Å². The van der Waals surface area contributed by atoms with Crippen molar-refractivity contribution in [3.8, 4) is 0 Å². The van der Waals surface area contributed by atoms with E-state index in [9.17, 15) is 4.79 Å². The molecule has 3 rings (SSSR count). The number of nitrogens with zero attached hydrogens (tertiary/aromatic N) is 1. The van der Waals surface area contributed by atoms with Crippen LogP contribution in [0.1, 0.15) is 30.6 Å². The second-order valence-corrected chi connectivity index (χ2v) is 5.44. The van der Waals surface area contributed by atoms with Gasteiger partial charge in [0, 0.05) is 5.92 Å². The molecule has 0 spiro atoms. The third-order valence-corrected chi connectivity index (χ3v) is 3.73. The van der Waals surface area contributed by atoms with Crippen LogP contribution in [0, 0.1) is 5.92 Å². The molecule has 1 aromatic carbocycles. The first-order valence-electron chi connectivity index (χ1n) is 7.35. The fraction of sp³-hybridized carbons (Fsp3) is 0.222. The summed E-state index contributed by atoms with van der Waals surface area (Å²) in [6, 6.07) is 13.8. The van der Waals surface area contributed by atoms with Crippen LogP contribution in [-0.4, -0.2) is 11.6 Å². The largest absolute Gasteiger partial charge is 0.465 e. The Kier molecular flexibility index (Phi) is 4.19. The molecule has 0 aliphatic heterocycles. The van der Waals surface area contributed by atoms with Crippen molar-refractivity contribution in [1.29, 1.82) is 0 Å². The van der Waals surface area contributed by atoms with E-state index in [4.69, 9.17) is 4.42 Å². The van der Waals surface area contributed by atoms with Crippen molar-refractivity contribution in [3.05, 3.63) is 66.1 Å². The molecule has 1 aliphatic carbocycles. The van der Waals surface area contributed by atoms with E-state index in [0.29, 0.717) is 5.92 Å². The Bertz CT molecular complexity index is 687. The smallest absolute Gasteiger partial charge is 0.243 e. The van der Waals surface area contributed by atoms with Gasteiger partial charge in [0.25, 0.3) is 0 Å². The summed E-state index contributed by atoms with van der Waals surface area (Å²) >= 11 is 0. The molecule has 0 radical (unpaired) electrons. The Labute approximate surface area is 129 Å². The fourth-order valence-corrected chi connectivity index (χ4v) is 2.41. The van der Waals surface area contributed by atoms with Crippen molar-refractivity contribution in [2.45, 2.75) is 19.3 Å². The molecule has 1 N–H and O–H groups in total. The highest BCUT2D eigenvalue weighted by molar-refractivity contribution is 5.97. The maximum absolute atomic E-state index is 12.1. The minimum absolute atomic E-state index is 0.0143. The van der Waals surface area contributed by atoms with Crippen molar-refractivity contribution < 1.29 is 9.21 Å². The van der Waals surface area contributed by atoms with Gasteiger partial charge < -0.3 is 4.42 Å². The first-order valence-corrected chi connectivity index (χ1v) is 7.35. The Balaban J connectivity index is 1.51. The van der Waals surface area contributed by atoms with Gasteiger partial charge in [-0.1, -0.05) is 30.3 Å². The van der Waals surface area contributed by atoms with Crippen LogP contribution >= 0.6 is 0 Å². The topological polar surface area (TPSA) is 54.6 Å². The van der Waals surface area contributed by atoms with E-state index in [1.54, 1.807) is 12.3 Å². The average molecular weight is 294 g/mol. The Morgan fingerprint density at radius 2 is 2.09 bits per heavy atom. The summed E-state index contributed by atoms with van der Waals surface area (Å²) in [6.07, 6.45) is 6.13. The Morgan fingerprint density at radius 1 is 1.27 bits per heavy atom. The molecule has 2 atom stereocenters. The van der Waals surface area contributed by atoms with Crippen LogP contribution in [0.3, 0.4) is 0 Å². The summed E-state index contributed by atoms with van der Waals surface area (Å²) in [5.74, 6) is 1.11. The van der Waals surface area contributed by atoms with Crippen molar-refractivity contribution in [1.82, 2.24) is 5.43 Å². The van der Waals surface area contributed by atoms with Gasteiger partial charge in [-0.25, -0.2) is 5.43 Å². The van der Waals surface area contributed by atoms with Crippen LogP contribution in [0.4, 0.5) is 0 Å². The number of hydrazone groups is 1. The number of amides is 1. The summed E-state index contributed by atoms with van der Waals surface area (Å²) in [4.78, 5) is 12.1. The molecule has 112 valence electrons. The van der Waals surface area contributed by atoms with E-state index >= 15 is 0 Å². The standard InChI is InChI=1S/C18H18N2O2/c1-13(9-10-15-8-5-11-22-15)19-20-18(21)17-12-16(17)14-6-3-2-4-7-14/h2-11,16-17H,12H2,1H3,(H,20,21). The lowest BCUT2D eigenvalue weighted by Gasteiger charge is -2.00. The second-order valence-electron chi connectivity index (χ2n) is 5.44. The van der Waals surface area contributed by atoms with Gasteiger partial charge in [0.2, 0.25) is 5.91 Å². The van der Waals surface area contributed by atoms with Crippen molar-refractivity contribution in [2.75, 3.05) is 0 Å². The van der Waals surface area contributed by atoms with Gasteiger partial charge in [0.15, 0.2) is 0 Å². The second kappa shape index (κ2) is 6.43. The molecule has 1 aliphatic rings. The number of carbonyl (C=O) groups excluding carboxylic acids is 1. The highest BCUT2D eigenvalue weighted by atomic mass is 16.3. The van der Waals surface area contributed by atoms with Gasteiger partial charge >= 0.3 is 0 Å². The Hall–Kier alpha value is -2.62. The lowest BCUT2D eigenvalue weighted by molar-refractivity contribution is -0.122. The number of hydrogen-bond donors (Lipinski definition) is 1. The van der Waals surface area contributed by atoms with Crippen LogP contribution in [0.15, 0.2) is 64.3 Å². The van der Waals surface area contributed by atoms with E-state index in [1.165, 1.54) is 5.56 Å². The van der Waals surface area contributed by atoms with E-state index < -0.39 is 0 Å². The van der Waals surface area contributed by atoms with Gasteiger partial charge in [-0.3, -0.25) is 4.79 Å². The maximum Gasteiger partial charge on any atom is 0.243 e. The van der Waals surface area contributed by atoms with E-state index in [2.05, 4.69) is 22.7 Å². The highest BCUT2D eigenvalue weighted by Crippen LogP contribution is 2.47. The lowest BCUT2D eigenvalue weighted by atomic mass is 10.1. The van der Waals surface area contributed by atoms with Crippen molar-refractivity contribution in [2.24, 2.45) is 11.0 Å². The maximum atomic E-state index is 12.1. The highest BCUT2D eigenvalue weighted by Gasteiger charge is 2.43. The molecule has 1 amide bonds. The minimum atomic E-state index is -0.0143. The predicted octanol–water partition coefficient (Wildman–Crippen LogP) is 3.59. The molecule has 1 aromatic heterocycles. The zero-order valence-electron chi connectivity index (χ0n) is 12.4. The molecule has 2 aromatic rings. The number of rotatable bonds is 5. The van der Waals surface area contributed by atoms with Gasteiger partial charge in [-0.15, -0.1) is 0 Å². The molecule has 4 nitrogen and oxygen atoms in total. The third kappa shape index (κ3) is 3.52. The molecular formula is C18H18N2O2. The first-order chi connectivity index (χ1) is 10.7. The number of benzene rings is 1. The normalized spacial score (nSPS) is 21.0. The van der Waals surface area contributed by atoms with Crippen molar-refractivity contribution in [3.63, 3.8) is 0 Å². The molecule has 22 heavy (non-hydrogen) atoms. The van der Waals surface area contributed by atoms with Gasteiger partial charge in [-0.2, -0.15) is 5.10 Å². The number of furan rings is 1. The predicted molar refractivity (Wildman–Crippen MR) is 86.3 cm³/mol. The van der Waals surface area contributed by atoms with E-state index in [1.807, 2.05) is 43.3 Å². The van der Waals surface area contributed by atoms with Crippen molar-refractivity contribution >= 4 is 17.7 Å². The lowest BCUT2D eigenvalue weighted by Crippen LogP contribution is -2.21. The summed E-state index contributed by atoms with van der Waals surface area (Å²) < 4.78 is 5.19.